The van der Waals surface area contributed by atoms with Crippen LogP contribution in [0, 0.1) is 0 Å². The van der Waals surface area contributed by atoms with Gasteiger partial charge in [0, 0.05) is 16.8 Å². The van der Waals surface area contributed by atoms with Crippen LogP contribution in [0.3, 0.4) is 0 Å². The lowest BCUT2D eigenvalue weighted by atomic mass is 9.86. The number of carbonyl (C=O) groups is 1. The van der Waals surface area contributed by atoms with Crippen molar-refractivity contribution < 1.29 is 13.2 Å². The lowest BCUT2D eigenvalue weighted by Crippen LogP contribution is -2.40. The normalized spacial score (nSPS) is 12.7. The second kappa shape index (κ2) is 7.44. The standard InChI is InChI=1S/C21H28N2O3S/c1-20(2,3)17-9-7-8-10-18(17)22-19(24)15-11-13-16(14-12-15)27(25,26)23-21(4,5)6/h7-14,23H,1-6H3,(H,22,24). The van der Waals surface area contributed by atoms with Crippen molar-refractivity contribution in [1.82, 2.24) is 4.72 Å². The van der Waals surface area contributed by atoms with Crippen molar-refractivity contribution in [2.45, 2.75) is 57.4 Å². The lowest BCUT2D eigenvalue weighted by molar-refractivity contribution is 0.102. The molecule has 2 aromatic rings. The van der Waals surface area contributed by atoms with Crippen molar-refractivity contribution in [2.75, 3.05) is 5.32 Å². The van der Waals surface area contributed by atoms with Crippen molar-refractivity contribution in [3.63, 3.8) is 0 Å². The zero-order valence-electron chi connectivity index (χ0n) is 16.8. The van der Waals surface area contributed by atoms with Crippen molar-refractivity contribution in [1.29, 1.82) is 0 Å². The Morgan fingerprint density at radius 3 is 1.93 bits per heavy atom. The molecule has 2 N–H and O–H groups in total. The summed E-state index contributed by atoms with van der Waals surface area (Å²) in [7, 11) is -3.63. The van der Waals surface area contributed by atoms with E-state index in [0.717, 1.165) is 11.3 Å². The highest BCUT2D eigenvalue weighted by atomic mass is 32.2. The van der Waals surface area contributed by atoms with E-state index in [1.807, 2.05) is 24.3 Å². The summed E-state index contributed by atoms with van der Waals surface area (Å²) >= 11 is 0. The van der Waals surface area contributed by atoms with Gasteiger partial charge in [0.25, 0.3) is 5.91 Å². The number of carbonyl (C=O) groups excluding carboxylic acids is 1. The van der Waals surface area contributed by atoms with Gasteiger partial charge in [-0.1, -0.05) is 39.0 Å². The van der Waals surface area contributed by atoms with E-state index in [2.05, 4.69) is 30.8 Å². The third-order valence-electron chi connectivity index (χ3n) is 3.85. The molecule has 0 saturated heterocycles. The maximum atomic E-state index is 12.6. The number of anilines is 1. The Kier molecular flexibility index (Phi) is 5.82. The van der Waals surface area contributed by atoms with E-state index in [0.29, 0.717) is 5.56 Å². The summed E-state index contributed by atoms with van der Waals surface area (Å²) in [5.74, 6) is -0.278. The van der Waals surface area contributed by atoms with E-state index in [1.54, 1.807) is 20.8 Å². The molecule has 1 amide bonds. The Morgan fingerprint density at radius 2 is 1.41 bits per heavy atom. The van der Waals surface area contributed by atoms with Crippen molar-refractivity contribution in [3.8, 4) is 0 Å². The SMILES string of the molecule is CC(C)(C)NS(=O)(=O)c1ccc(C(=O)Nc2ccccc2C(C)(C)C)cc1. The molecule has 0 saturated carbocycles. The summed E-state index contributed by atoms with van der Waals surface area (Å²) in [5, 5.41) is 2.93. The molecular weight excluding hydrogens is 360 g/mol. The van der Waals surface area contributed by atoms with Gasteiger partial charge in [0.1, 0.15) is 0 Å². The quantitative estimate of drug-likeness (QED) is 0.819. The van der Waals surface area contributed by atoms with Crippen LogP contribution in [0.4, 0.5) is 5.69 Å². The molecule has 5 nitrogen and oxygen atoms in total. The van der Waals surface area contributed by atoms with Crippen molar-refractivity contribution in [2.24, 2.45) is 0 Å². The van der Waals surface area contributed by atoms with Gasteiger partial charge in [-0.05, 0) is 62.1 Å². The predicted octanol–water partition coefficient (Wildman–Crippen LogP) is 4.31. The largest absolute Gasteiger partial charge is 0.322 e. The second-order valence-corrected chi connectivity index (χ2v) is 10.3. The van der Waals surface area contributed by atoms with Crippen LogP contribution >= 0.6 is 0 Å². The van der Waals surface area contributed by atoms with Gasteiger partial charge >= 0.3 is 0 Å². The molecule has 0 radical (unpaired) electrons. The van der Waals surface area contributed by atoms with Gasteiger partial charge in [0.2, 0.25) is 10.0 Å². The highest BCUT2D eigenvalue weighted by molar-refractivity contribution is 7.89. The van der Waals surface area contributed by atoms with E-state index in [9.17, 15) is 13.2 Å². The first kappa shape index (κ1) is 21.1. The number of nitrogens with one attached hydrogen (secondary N) is 2. The molecule has 0 atom stereocenters. The molecule has 2 aromatic carbocycles. The molecule has 0 fully saturated rings. The van der Waals surface area contributed by atoms with Crippen LogP contribution in [0.15, 0.2) is 53.4 Å². The summed E-state index contributed by atoms with van der Waals surface area (Å²) in [5.41, 5.74) is 1.49. The minimum absolute atomic E-state index is 0.111. The summed E-state index contributed by atoms with van der Waals surface area (Å²) in [6.07, 6.45) is 0. The Morgan fingerprint density at radius 1 is 0.852 bits per heavy atom. The molecule has 0 aliphatic heterocycles. The predicted molar refractivity (Wildman–Crippen MR) is 110 cm³/mol. The highest BCUT2D eigenvalue weighted by Gasteiger charge is 2.23. The van der Waals surface area contributed by atoms with Crippen molar-refractivity contribution in [3.05, 3.63) is 59.7 Å². The summed E-state index contributed by atoms with van der Waals surface area (Å²) < 4.78 is 27.3. The summed E-state index contributed by atoms with van der Waals surface area (Å²) in [6.45, 7) is 11.6. The highest BCUT2D eigenvalue weighted by Crippen LogP contribution is 2.29. The molecule has 27 heavy (non-hydrogen) atoms. The van der Waals surface area contributed by atoms with Gasteiger partial charge in [-0.15, -0.1) is 0 Å². The molecule has 0 heterocycles. The number of benzene rings is 2. The maximum Gasteiger partial charge on any atom is 0.255 e. The van der Waals surface area contributed by atoms with Crippen LogP contribution < -0.4 is 10.0 Å². The molecule has 0 aromatic heterocycles. The minimum atomic E-state index is -3.63. The molecule has 0 unspecified atom stereocenters. The number of hydrogen-bond acceptors (Lipinski definition) is 3. The Hall–Kier alpha value is -2.18. The van der Waals surface area contributed by atoms with E-state index in [-0.39, 0.29) is 16.2 Å². The molecular formula is C21H28N2O3S. The molecule has 2 rings (SSSR count). The third-order valence-corrected chi connectivity index (χ3v) is 5.62. The maximum absolute atomic E-state index is 12.6. The fraction of sp³-hybridized carbons (Fsp3) is 0.381. The van der Waals surface area contributed by atoms with E-state index >= 15 is 0 Å². The number of hydrogen-bond donors (Lipinski definition) is 2. The van der Waals surface area contributed by atoms with Crippen molar-refractivity contribution >= 4 is 21.6 Å². The zero-order chi connectivity index (χ0) is 20.5. The lowest BCUT2D eigenvalue weighted by Gasteiger charge is -2.23. The molecule has 0 aliphatic rings. The van der Waals surface area contributed by atoms with Gasteiger partial charge in [0.05, 0.1) is 4.90 Å². The van der Waals surface area contributed by atoms with Gasteiger partial charge in [-0.25, -0.2) is 13.1 Å². The average molecular weight is 389 g/mol. The molecule has 0 spiro atoms. The zero-order valence-corrected chi connectivity index (χ0v) is 17.6. The fourth-order valence-electron chi connectivity index (χ4n) is 2.69. The fourth-order valence-corrected chi connectivity index (χ4v) is 4.11. The molecule has 146 valence electrons. The van der Waals surface area contributed by atoms with Gasteiger partial charge in [-0.3, -0.25) is 4.79 Å². The Balaban J connectivity index is 2.23. The van der Waals surface area contributed by atoms with Gasteiger partial charge in [0.15, 0.2) is 0 Å². The topological polar surface area (TPSA) is 75.3 Å². The average Bonchev–Trinajstić information content (AvgIpc) is 2.52. The monoisotopic (exact) mass is 388 g/mol. The second-order valence-electron chi connectivity index (χ2n) is 8.63. The van der Waals surface area contributed by atoms with E-state index < -0.39 is 15.6 Å². The Labute approximate surface area is 162 Å². The smallest absolute Gasteiger partial charge is 0.255 e. The summed E-state index contributed by atoms with van der Waals surface area (Å²) in [4.78, 5) is 12.7. The first-order chi connectivity index (χ1) is 12.3. The van der Waals surface area contributed by atoms with Crippen LogP contribution in [-0.4, -0.2) is 19.9 Å². The third kappa shape index (κ3) is 5.65. The van der Waals surface area contributed by atoms with Crippen LogP contribution in [0.5, 0.6) is 0 Å². The summed E-state index contributed by atoms with van der Waals surface area (Å²) in [6, 6.07) is 13.6. The molecule has 0 bridgehead atoms. The van der Waals surface area contributed by atoms with E-state index in [1.165, 1.54) is 24.3 Å². The van der Waals surface area contributed by atoms with Gasteiger partial charge < -0.3 is 5.32 Å². The molecule has 0 aliphatic carbocycles. The number of rotatable bonds is 4. The first-order valence-corrected chi connectivity index (χ1v) is 10.3. The molecule has 6 heteroatoms. The van der Waals surface area contributed by atoms with Crippen LogP contribution in [0.25, 0.3) is 0 Å². The van der Waals surface area contributed by atoms with Crippen LogP contribution in [0.1, 0.15) is 57.5 Å². The van der Waals surface area contributed by atoms with Crippen LogP contribution in [-0.2, 0) is 15.4 Å². The number of para-hydroxylation sites is 1. The first-order valence-electron chi connectivity index (χ1n) is 8.84. The number of sulfonamides is 1. The van der Waals surface area contributed by atoms with Crippen LogP contribution in [0.2, 0.25) is 0 Å². The Bertz CT molecular complexity index is 919. The number of amides is 1. The minimum Gasteiger partial charge on any atom is -0.322 e. The van der Waals surface area contributed by atoms with E-state index in [4.69, 9.17) is 0 Å². The van der Waals surface area contributed by atoms with Gasteiger partial charge in [-0.2, -0.15) is 0 Å².